The minimum absolute atomic E-state index is 0.232. The van der Waals surface area contributed by atoms with Gasteiger partial charge >= 0.3 is 0 Å². The van der Waals surface area contributed by atoms with Gasteiger partial charge in [-0.3, -0.25) is 0 Å². The van der Waals surface area contributed by atoms with E-state index in [1.54, 1.807) is 36.4 Å². The summed E-state index contributed by atoms with van der Waals surface area (Å²) < 4.78 is 25.9. The Bertz CT molecular complexity index is 862. The lowest BCUT2D eigenvalue weighted by atomic mass is 10.1. The van der Waals surface area contributed by atoms with E-state index in [1.807, 2.05) is 19.1 Å². The second-order valence-corrected chi connectivity index (χ2v) is 8.85. The van der Waals surface area contributed by atoms with Crippen LogP contribution in [0.15, 0.2) is 53.4 Å². The molecule has 0 bridgehead atoms. The van der Waals surface area contributed by atoms with Gasteiger partial charge in [-0.25, -0.2) is 8.42 Å². The van der Waals surface area contributed by atoms with Crippen LogP contribution < -0.4 is 5.73 Å². The van der Waals surface area contributed by atoms with Crippen molar-refractivity contribution < 1.29 is 8.42 Å². The smallest absolute Gasteiger partial charge is 0.182 e. The Morgan fingerprint density at radius 1 is 1.17 bits per heavy atom. The van der Waals surface area contributed by atoms with Gasteiger partial charge in [-0.15, -0.1) is 0 Å². The molecule has 120 valence electrons. The first kappa shape index (κ1) is 16.4. The molecule has 0 amide bonds. The van der Waals surface area contributed by atoms with E-state index in [2.05, 4.69) is 0 Å². The van der Waals surface area contributed by atoms with Crippen molar-refractivity contribution in [2.75, 3.05) is 0 Å². The molecular weight excluding hydrogens is 350 g/mol. The van der Waals surface area contributed by atoms with Gasteiger partial charge in [0.2, 0.25) is 0 Å². The molecule has 1 fully saturated rings. The summed E-state index contributed by atoms with van der Waals surface area (Å²) >= 11 is 11.1. The van der Waals surface area contributed by atoms with E-state index in [-0.39, 0.29) is 16.8 Å². The Morgan fingerprint density at radius 3 is 2.39 bits per heavy atom. The monoisotopic (exact) mass is 365 g/mol. The fraction of sp³-hybridized carbons (Fsp3) is 0.235. The Morgan fingerprint density at radius 2 is 1.83 bits per heavy atom. The van der Waals surface area contributed by atoms with E-state index in [4.69, 9.17) is 29.6 Å². The normalized spacial score (nSPS) is 23.5. The molecule has 6 heteroatoms. The van der Waals surface area contributed by atoms with E-state index in [0.29, 0.717) is 9.92 Å². The molecule has 0 unspecified atom stereocenters. The molecule has 3 nitrogen and oxygen atoms in total. The lowest BCUT2D eigenvalue weighted by molar-refractivity contribution is 0.593. The Balaban J connectivity index is 2.00. The Kier molecular flexibility index (Phi) is 4.21. The van der Waals surface area contributed by atoms with Crippen LogP contribution in [-0.4, -0.2) is 18.7 Å². The molecule has 1 aliphatic carbocycles. The number of sulfone groups is 1. The lowest BCUT2D eigenvalue weighted by Crippen LogP contribution is -2.17. The third-order valence-corrected chi connectivity index (χ3v) is 6.96. The molecule has 1 aliphatic rings. The molecular formula is C17H16ClNO2S2. The van der Waals surface area contributed by atoms with E-state index in [9.17, 15) is 8.42 Å². The maximum absolute atomic E-state index is 12.9. The summed E-state index contributed by atoms with van der Waals surface area (Å²) in [6.07, 6.45) is 0. The first-order valence-electron chi connectivity index (χ1n) is 7.18. The first-order valence-corrected chi connectivity index (χ1v) is 9.51. The van der Waals surface area contributed by atoms with Crippen molar-refractivity contribution >= 4 is 38.6 Å². The molecule has 0 aliphatic heterocycles. The fourth-order valence-electron chi connectivity index (χ4n) is 3.00. The molecule has 0 saturated heterocycles. The van der Waals surface area contributed by atoms with Gasteiger partial charge in [0.05, 0.1) is 15.1 Å². The largest absolute Gasteiger partial charge is 0.393 e. The third kappa shape index (κ3) is 3.01. The number of rotatable bonds is 4. The molecule has 0 heterocycles. The van der Waals surface area contributed by atoms with Gasteiger partial charge in [-0.2, -0.15) is 0 Å². The van der Waals surface area contributed by atoms with Crippen molar-refractivity contribution in [2.45, 2.75) is 23.0 Å². The van der Waals surface area contributed by atoms with Gasteiger partial charge in [-0.1, -0.05) is 53.6 Å². The van der Waals surface area contributed by atoms with E-state index in [0.717, 1.165) is 11.1 Å². The third-order valence-electron chi connectivity index (χ3n) is 4.22. The number of halogens is 1. The highest BCUT2D eigenvalue weighted by Gasteiger charge is 2.60. The average Bonchev–Trinajstić information content (AvgIpc) is 3.24. The molecule has 3 atom stereocenters. The lowest BCUT2D eigenvalue weighted by Gasteiger charge is -2.05. The van der Waals surface area contributed by atoms with Crippen molar-refractivity contribution in [1.29, 1.82) is 0 Å². The molecule has 2 aromatic rings. The summed E-state index contributed by atoms with van der Waals surface area (Å²) in [6.45, 7) is 1.92. The van der Waals surface area contributed by atoms with Crippen molar-refractivity contribution in [1.82, 2.24) is 0 Å². The van der Waals surface area contributed by atoms with Crippen LogP contribution in [0.1, 0.15) is 17.0 Å². The quantitative estimate of drug-likeness (QED) is 0.842. The van der Waals surface area contributed by atoms with Crippen LogP contribution in [0.25, 0.3) is 0 Å². The molecule has 3 rings (SSSR count). The molecule has 2 N–H and O–H groups in total. The standard InChI is InChI=1S/C17H16ClNO2S2/c1-10-5-7-13(8-6-10)23(20,21)16-14(15(16)17(19)22)11-3-2-4-12(18)9-11/h2-9,14-16H,1H3,(H2,19,22)/t14-,15+,16+/m0/s1. The number of aryl methyl sites for hydroxylation is 1. The predicted molar refractivity (Wildman–Crippen MR) is 96.6 cm³/mol. The van der Waals surface area contributed by atoms with Crippen LogP contribution in [-0.2, 0) is 9.84 Å². The first-order chi connectivity index (χ1) is 10.8. The van der Waals surface area contributed by atoms with E-state index in [1.165, 1.54) is 0 Å². The molecule has 23 heavy (non-hydrogen) atoms. The zero-order valence-corrected chi connectivity index (χ0v) is 14.8. The second-order valence-electron chi connectivity index (χ2n) is 5.83. The summed E-state index contributed by atoms with van der Waals surface area (Å²) in [7, 11) is -3.50. The number of nitrogens with two attached hydrogens (primary N) is 1. The number of thiocarbonyl (C=S) groups is 1. The highest BCUT2D eigenvalue weighted by molar-refractivity contribution is 7.92. The van der Waals surface area contributed by atoms with E-state index >= 15 is 0 Å². The number of hydrogen-bond acceptors (Lipinski definition) is 3. The summed E-state index contributed by atoms with van der Waals surface area (Å²) in [5.74, 6) is -0.590. The summed E-state index contributed by atoms with van der Waals surface area (Å²) in [6, 6.07) is 14.1. The molecule has 0 spiro atoms. The Labute approximate surface area is 146 Å². The van der Waals surface area contributed by atoms with Crippen LogP contribution in [0.5, 0.6) is 0 Å². The summed E-state index contributed by atoms with van der Waals surface area (Å²) in [5.41, 5.74) is 7.66. The molecule has 0 aromatic heterocycles. The van der Waals surface area contributed by atoms with Crippen LogP contribution in [0.2, 0.25) is 5.02 Å². The molecule has 2 aromatic carbocycles. The van der Waals surface area contributed by atoms with Gasteiger partial charge in [0.25, 0.3) is 0 Å². The van der Waals surface area contributed by atoms with Gasteiger partial charge in [0, 0.05) is 16.9 Å². The van der Waals surface area contributed by atoms with Crippen molar-refractivity contribution in [2.24, 2.45) is 11.7 Å². The molecule has 0 radical (unpaired) electrons. The number of benzene rings is 2. The summed E-state index contributed by atoms with van der Waals surface area (Å²) in [5, 5.41) is -0.0521. The zero-order valence-electron chi connectivity index (χ0n) is 12.4. The predicted octanol–water partition coefficient (Wildman–Crippen LogP) is 3.49. The summed E-state index contributed by atoms with van der Waals surface area (Å²) in [4.78, 5) is 0.537. The fourth-order valence-corrected chi connectivity index (χ4v) is 5.74. The highest BCUT2D eigenvalue weighted by Crippen LogP contribution is 2.54. The molecule has 1 saturated carbocycles. The van der Waals surface area contributed by atoms with Gasteiger partial charge < -0.3 is 5.73 Å². The van der Waals surface area contributed by atoms with Gasteiger partial charge in [0.15, 0.2) is 9.84 Å². The zero-order chi connectivity index (χ0) is 16.8. The SMILES string of the molecule is Cc1ccc(S(=O)(=O)[C@H]2[C@H](C(N)=S)[C@@H]2c2cccc(Cl)c2)cc1. The Hall–Kier alpha value is -1.43. The topological polar surface area (TPSA) is 60.2 Å². The number of hydrogen-bond donors (Lipinski definition) is 1. The van der Waals surface area contributed by atoms with Gasteiger partial charge in [-0.05, 0) is 36.8 Å². The van der Waals surface area contributed by atoms with Gasteiger partial charge in [0.1, 0.15) is 0 Å². The van der Waals surface area contributed by atoms with Crippen molar-refractivity contribution in [3.63, 3.8) is 0 Å². The maximum atomic E-state index is 12.9. The van der Waals surface area contributed by atoms with Crippen molar-refractivity contribution in [3.05, 3.63) is 64.7 Å². The maximum Gasteiger partial charge on any atom is 0.182 e. The average molecular weight is 366 g/mol. The second kappa shape index (κ2) is 5.89. The van der Waals surface area contributed by atoms with Crippen molar-refractivity contribution in [3.8, 4) is 0 Å². The van der Waals surface area contributed by atoms with Crippen LogP contribution in [0.3, 0.4) is 0 Å². The highest BCUT2D eigenvalue weighted by atomic mass is 35.5. The van der Waals surface area contributed by atoms with Crippen LogP contribution in [0, 0.1) is 12.8 Å². The minimum atomic E-state index is -3.50. The van der Waals surface area contributed by atoms with Crippen LogP contribution >= 0.6 is 23.8 Å². The van der Waals surface area contributed by atoms with E-state index < -0.39 is 15.1 Å². The van der Waals surface area contributed by atoms with Crippen LogP contribution in [0.4, 0.5) is 0 Å². The minimum Gasteiger partial charge on any atom is -0.393 e.